The van der Waals surface area contributed by atoms with Gasteiger partial charge in [0.15, 0.2) is 0 Å². The number of hydrogen-bond acceptors (Lipinski definition) is 7. The summed E-state index contributed by atoms with van der Waals surface area (Å²) in [5, 5.41) is 14.0. The quantitative estimate of drug-likeness (QED) is 0.628. The number of nitrogens with one attached hydrogen (secondary N) is 1. The first kappa shape index (κ1) is 17.0. The van der Waals surface area contributed by atoms with Crippen molar-refractivity contribution in [3.05, 3.63) is 22.5 Å². The Morgan fingerprint density at radius 1 is 1.21 bits per heavy atom. The Kier molecular flexibility index (Phi) is 5.57. The lowest BCUT2D eigenvalue weighted by atomic mass is 9.73. The molecule has 1 aromatic rings. The SMILES string of the molecule is O=[N+]([O-])c1cnc(NCC2(CN3CCOCC3)CCCCC2)nc1. The molecule has 0 amide bonds. The van der Waals surface area contributed by atoms with Crippen LogP contribution in [0.25, 0.3) is 0 Å². The first-order valence-corrected chi connectivity index (χ1v) is 8.67. The number of morpholine rings is 1. The molecule has 132 valence electrons. The van der Waals surface area contributed by atoms with Crippen molar-refractivity contribution in [2.24, 2.45) is 5.41 Å². The molecule has 2 aliphatic rings. The van der Waals surface area contributed by atoms with Crippen molar-refractivity contribution >= 4 is 11.6 Å². The van der Waals surface area contributed by atoms with Gasteiger partial charge in [-0.15, -0.1) is 0 Å². The largest absolute Gasteiger partial charge is 0.379 e. The van der Waals surface area contributed by atoms with Crippen LogP contribution < -0.4 is 5.32 Å². The molecule has 0 radical (unpaired) electrons. The van der Waals surface area contributed by atoms with Crippen molar-refractivity contribution in [1.82, 2.24) is 14.9 Å². The van der Waals surface area contributed by atoms with Crippen molar-refractivity contribution < 1.29 is 9.66 Å². The fraction of sp³-hybridized carbons (Fsp3) is 0.750. The lowest BCUT2D eigenvalue weighted by Crippen LogP contribution is -2.47. The Labute approximate surface area is 141 Å². The summed E-state index contributed by atoms with van der Waals surface area (Å²) in [5.41, 5.74) is 0.141. The predicted molar refractivity (Wildman–Crippen MR) is 90.0 cm³/mol. The minimum Gasteiger partial charge on any atom is -0.379 e. The zero-order valence-corrected chi connectivity index (χ0v) is 13.9. The van der Waals surface area contributed by atoms with Gasteiger partial charge in [0.05, 0.1) is 18.1 Å². The van der Waals surface area contributed by atoms with Gasteiger partial charge in [-0.1, -0.05) is 19.3 Å². The minimum atomic E-state index is -0.481. The number of nitrogens with zero attached hydrogens (tertiary/aromatic N) is 4. The van der Waals surface area contributed by atoms with Crippen molar-refractivity contribution in [1.29, 1.82) is 0 Å². The third kappa shape index (κ3) is 4.39. The molecule has 0 bridgehead atoms. The summed E-state index contributed by atoms with van der Waals surface area (Å²) in [6.45, 7) is 5.49. The smallest absolute Gasteiger partial charge is 0.305 e. The lowest BCUT2D eigenvalue weighted by molar-refractivity contribution is -0.385. The maximum atomic E-state index is 10.7. The zero-order valence-electron chi connectivity index (χ0n) is 13.9. The van der Waals surface area contributed by atoms with Gasteiger partial charge < -0.3 is 10.1 Å². The van der Waals surface area contributed by atoms with E-state index in [1.54, 1.807) is 0 Å². The highest BCUT2D eigenvalue weighted by molar-refractivity contribution is 5.31. The van der Waals surface area contributed by atoms with E-state index in [-0.39, 0.29) is 11.1 Å². The molecule has 3 rings (SSSR count). The molecule has 24 heavy (non-hydrogen) atoms. The van der Waals surface area contributed by atoms with E-state index in [0.29, 0.717) is 5.95 Å². The minimum absolute atomic E-state index is 0.0822. The second-order valence-electron chi connectivity index (χ2n) is 6.82. The highest BCUT2D eigenvalue weighted by Crippen LogP contribution is 2.37. The molecule has 0 unspecified atom stereocenters. The van der Waals surface area contributed by atoms with Gasteiger partial charge >= 0.3 is 5.69 Å². The van der Waals surface area contributed by atoms with E-state index >= 15 is 0 Å². The molecule has 1 N–H and O–H groups in total. The zero-order chi connectivity index (χ0) is 16.8. The van der Waals surface area contributed by atoms with E-state index < -0.39 is 4.92 Å². The molecule has 8 nitrogen and oxygen atoms in total. The number of aromatic nitrogens is 2. The molecular formula is C16H25N5O3. The Bertz CT molecular complexity index is 539. The standard InChI is InChI=1S/C16H25N5O3/c22-21(23)14-10-17-15(18-11-14)19-12-16(4-2-1-3-5-16)13-20-6-8-24-9-7-20/h10-11H,1-9,12-13H2,(H,17,18,19). The normalized spacial score (nSPS) is 21.3. The summed E-state index contributed by atoms with van der Waals surface area (Å²) in [5.74, 6) is 0.465. The van der Waals surface area contributed by atoms with Crippen LogP contribution >= 0.6 is 0 Å². The topological polar surface area (TPSA) is 93.4 Å². The van der Waals surface area contributed by atoms with Crippen LogP contribution in [-0.2, 0) is 4.74 Å². The van der Waals surface area contributed by atoms with Crippen LogP contribution in [0.15, 0.2) is 12.4 Å². The van der Waals surface area contributed by atoms with Gasteiger partial charge in [0, 0.05) is 31.6 Å². The predicted octanol–water partition coefficient (Wildman–Crippen LogP) is 2.08. The molecule has 0 atom stereocenters. The van der Waals surface area contributed by atoms with Gasteiger partial charge in [-0.2, -0.15) is 0 Å². The third-order valence-corrected chi connectivity index (χ3v) is 5.05. The van der Waals surface area contributed by atoms with Crippen LogP contribution in [0.2, 0.25) is 0 Å². The van der Waals surface area contributed by atoms with E-state index in [1.807, 2.05) is 0 Å². The number of nitro groups is 1. The number of ether oxygens (including phenoxy) is 1. The van der Waals surface area contributed by atoms with Gasteiger partial charge in [0.1, 0.15) is 12.4 Å². The molecule has 0 spiro atoms. The molecule has 1 aliphatic heterocycles. The molecule has 1 saturated carbocycles. The Morgan fingerprint density at radius 2 is 1.88 bits per heavy atom. The van der Waals surface area contributed by atoms with Gasteiger partial charge in [-0.3, -0.25) is 15.0 Å². The summed E-state index contributed by atoms with van der Waals surface area (Å²) in [6, 6.07) is 0. The Balaban J connectivity index is 1.61. The average Bonchev–Trinajstić information content (AvgIpc) is 2.62. The summed E-state index contributed by atoms with van der Waals surface area (Å²) >= 11 is 0. The van der Waals surface area contributed by atoms with Gasteiger partial charge in [0.25, 0.3) is 0 Å². The van der Waals surface area contributed by atoms with E-state index in [9.17, 15) is 10.1 Å². The Hall–Kier alpha value is -1.80. The number of hydrogen-bond donors (Lipinski definition) is 1. The average molecular weight is 335 g/mol. The van der Waals surface area contributed by atoms with Gasteiger partial charge in [-0.25, -0.2) is 9.97 Å². The van der Waals surface area contributed by atoms with Crippen LogP contribution in [0.3, 0.4) is 0 Å². The van der Waals surface area contributed by atoms with E-state index in [1.165, 1.54) is 44.5 Å². The van der Waals surface area contributed by atoms with E-state index in [0.717, 1.165) is 39.4 Å². The molecule has 8 heteroatoms. The monoisotopic (exact) mass is 335 g/mol. The van der Waals surface area contributed by atoms with Crippen LogP contribution in [0.4, 0.5) is 11.6 Å². The third-order valence-electron chi connectivity index (χ3n) is 5.05. The number of rotatable bonds is 6. The first-order chi connectivity index (χ1) is 11.7. The molecule has 1 aliphatic carbocycles. The molecule has 1 saturated heterocycles. The highest BCUT2D eigenvalue weighted by Gasteiger charge is 2.34. The fourth-order valence-electron chi connectivity index (χ4n) is 3.70. The van der Waals surface area contributed by atoms with Crippen molar-refractivity contribution in [2.45, 2.75) is 32.1 Å². The van der Waals surface area contributed by atoms with Crippen LogP contribution in [-0.4, -0.2) is 59.2 Å². The highest BCUT2D eigenvalue weighted by atomic mass is 16.6. The van der Waals surface area contributed by atoms with Crippen LogP contribution in [0.1, 0.15) is 32.1 Å². The molecule has 1 aromatic heterocycles. The number of anilines is 1. The second-order valence-corrected chi connectivity index (χ2v) is 6.82. The second kappa shape index (κ2) is 7.85. The van der Waals surface area contributed by atoms with Crippen LogP contribution in [0, 0.1) is 15.5 Å². The van der Waals surface area contributed by atoms with Crippen molar-refractivity contribution in [3.63, 3.8) is 0 Å². The summed E-state index contributed by atoms with van der Waals surface area (Å²) in [6.07, 6.45) is 8.73. The Morgan fingerprint density at radius 3 is 2.50 bits per heavy atom. The fourth-order valence-corrected chi connectivity index (χ4v) is 3.70. The molecule has 2 fully saturated rings. The first-order valence-electron chi connectivity index (χ1n) is 8.67. The summed E-state index contributed by atoms with van der Waals surface area (Å²) < 4.78 is 5.45. The molecule has 0 aromatic carbocycles. The maximum Gasteiger partial charge on any atom is 0.305 e. The molecular weight excluding hydrogens is 310 g/mol. The summed E-state index contributed by atoms with van der Waals surface area (Å²) in [4.78, 5) is 20.8. The summed E-state index contributed by atoms with van der Waals surface area (Å²) in [7, 11) is 0. The van der Waals surface area contributed by atoms with Crippen LogP contribution in [0.5, 0.6) is 0 Å². The van der Waals surface area contributed by atoms with Crippen molar-refractivity contribution in [3.8, 4) is 0 Å². The molecule has 2 heterocycles. The van der Waals surface area contributed by atoms with Gasteiger partial charge in [0.2, 0.25) is 5.95 Å². The van der Waals surface area contributed by atoms with Gasteiger partial charge in [-0.05, 0) is 12.8 Å². The van der Waals surface area contributed by atoms with E-state index in [2.05, 4.69) is 20.2 Å². The van der Waals surface area contributed by atoms with E-state index in [4.69, 9.17) is 4.74 Å². The van der Waals surface area contributed by atoms with Crippen molar-refractivity contribution in [2.75, 3.05) is 44.7 Å². The maximum absolute atomic E-state index is 10.7. The lowest BCUT2D eigenvalue weighted by Gasteiger charge is -2.42.